The highest BCUT2D eigenvalue weighted by Gasteiger charge is 2.06. The van der Waals surface area contributed by atoms with Crippen molar-refractivity contribution in [1.29, 1.82) is 0 Å². The first-order valence-electron chi connectivity index (χ1n) is 8.64. The molecule has 1 aromatic carbocycles. The highest BCUT2D eigenvalue weighted by Crippen LogP contribution is 2.10. The van der Waals surface area contributed by atoms with Gasteiger partial charge in [-0.3, -0.25) is 4.99 Å². The molecule has 0 atom stereocenters. The van der Waals surface area contributed by atoms with Gasteiger partial charge >= 0.3 is 0 Å². The quantitative estimate of drug-likeness (QED) is 0.407. The maximum Gasteiger partial charge on any atom is 0.191 e. The van der Waals surface area contributed by atoms with E-state index in [4.69, 9.17) is 0 Å². The summed E-state index contributed by atoms with van der Waals surface area (Å²) in [6, 6.07) is 7.06. The van der Waals surface area contributed by atoms with Crippen LogP contribution in [0.4, 0.5) is 0 Å². The second-order valence-electron chi connectivity index (χ2n) is 6.39. The van der Waals surface area contributed by atoms with Crippen LogP contribution in [0.15, 0.2) is 34.2 Å². The highest BCUT2D eigenvalue weighted by molar-refractivity contribution is 7.90. The first-order chi connectivity index (χ1) is 11.3. The van der Waals surface area contributed by atoms with E-state index < -0.39 is 9.84 Å². The van der Waals surface area contributed by atoms with E-state index in [1.807, 2.05) is 12.1 Å². The first-order valence-corrected chi connectivity index (χ1v) is 10.5. The van der Waals surface area contributed by atoms with E-state index in [0.717, 1.165) is 44.0 Å². The summed E-state index contributed by atoms with van der Waals surface area (Å²) in [5.41, 5.74) is 1.10. The Balaban J connectivity index is 2.45. The van der Waals surface area contributed by atoms with Crippen molar-refractivity contribution in [2.75, 3.05) is 25.9 Å². The molecular weight excluding hydrogens is 322 g/mol. The topological polar surface area (TPSA) is 70.6 Å². The number of sulfone groups is 1. The number of benzene rings is 1. The number of hydrogen-bond donors (Lipinski definition) is 2. The van der Waals surface area contributed by atoms with Gasteiger partial charge < -0.3 is 10.6 Å². The molecule has 1 rings (SSSR count). The fraction of sp³-hybridized carbons (Fsp3) is 0.611. The summed E-state index contributed by atoms with van der Waals surface area (Å²) in [4.78, 5) is 4.94. The molecule has 5 nitrogen and oxygen atoms in total. The maximum absolute atomic E-state index is 11.5. The number of hydrogen-bond acceptors (Lipinski definition) is 3. The SMILES string of the molecule is CCNC(=NCCCC(C)C)NCCc1ccc(S(C)(=O)=O)cc1. The molecule has 0 aliphatic heterocycles. The smallest absolute Gasteiger partial charge is 0.191 e. The van der Waals surface area contributed by atoms with Gasteiger partial charge in [0.2, 0.25) is 0 Å². The molecule has 0 bridgehead atoms. The lowest BCUT2D eigenvalue weighted by Gasteiger charge is -2.11. The molecule has 0 spiro atoms. The van der Waals surface area contributed by atoms with Crippen LogP contribution in [0.1, 0.15) is 39.2 Å². The molecule has 0 unspecified atom stereocenters. The van der Waals surface area contributed by atoms with Crippen LogP contribution >= 0.6 is 0 Å². The van der Waals surface area contributed by atoms with Crippen LogP contribution in [-0.2, 0) is 16.3 Å². The molecule has 0 fully saturated rings. The zero-order chi connectivity index (χ0) is 18.0. The van der Waals surface area contributed by atoms with Crippen LogP contribution in [0.3, 0.4) is 0 Å². The number of aliphatic imine (C=N–C) groups is 1. The van der Waals surface area contributed by atoms with E-state index in [9.17, 15) is 8.42 Å². The van der Waals surface area contributed by atoms with Crippen LogP contribution in [0, 0.1) is 5.92 Å². The van der Waals surface area contributed by atoms with Crippen LogP contribution < -0.4 is 10.6 Å². The monoisotopic (exact) mass is 353 g/mol. The second-order valence-corrected chi connectivity index (χ2v) is 8.41. The van der Waals surface area contributed by atoms with E-state index in [0.29, 0.717) is 10.8 Å². The number of nitrogens with one attached hydrogen (secondary N) is 2. The predicted octanol–water partition coefficient (Wildman–Crippen LogP) is 2.62. The van der Waals surface area contributed by atoms with Gasteiger partial charge in [0.25, 0.3) is 0 Å². The summed E-state index contributed by atoms with van der Waals surface area (Å²) in [5, 5.41) is 6.57. The van der Waals surface area contributed by atoms with Gasteiger partial charge in [0.15, 0.2) is 15.8 Å². The number of guanidine groups is 1. The van der Waals surface area contributed by atoms with Gasteiger partial charge in [-0.15, -0.1) is 0 Å². The van der Waals surface area contributed by atoms with Gasteiger partial charge in [0.1, 0.15) is 0 Å². The minimum Gasteiger partial charge on any atom is -0.357 e. The number of nitrogens with zero attached hydrogens (tertiary/aromatic N) is 1. The standard InChI is InChI=1S/C18H31N3O2S/c1-5-19-18(20-13-6-7-15(2)3)21-14-12-16-8-10-17(11-9-16)24(4,22)23/h8-11,15H,5-7,12-14H2,1-4H3,(H2,19,20,21). The Labute approximate surface area is 146 Å². The number of rotatable bonds is 9. The minimum atomic E-state index is -3.12. The normalized spacial score (nSPS) is 12.5. The van der Waals surface area contributed by atoms with Crippen molar-refractivity contribution < 1.29 is 8.42 Å². The van der Waals surface area contributed by atoms with Gasteiger partial charge in [-0.25, -0.2) is 8.42 Å². The molecule has 0 aromatic heterocycles. The fourth-order valence-electron chi connectivity index (χ4n) is 2.26. The molecule has 24 heavy (non-hydrogen) atoms. The van der Waals surface area contributed by atoms with Crippen molar-refractivity contribution in [2.45, 2.75) is 44.9 Å². The lowest BCUT2D eigenvalue weighted by atomic mass is 10.1. The van der Waals surface area contributed by atoms with Gasteiger partial charge in [-0.05, 0) is 49.8 Å². The summed E-state index contributed by atoms with van der Waals surface area (Å²) in [6.45, 7) is 8.92. The van der Waals surface area contributed by atoms with E-state index in [2.05, 4.69) is 36.4 Å². The van der Waals surface area contributed by atoms with Crippen molar-refractivity contribution in [3.8, 4) is 0 Å². The third-order valence-electron chi connectivity index (χ3n) is 3.61. The van der Waals surface area contributed by atoms with Crippen molar-refractivity contribution in [2.24, 2.45) is 10.9 Å². The Hall–Kier alpha value is -1.56. The summed E-state index contributed by atoms with van der Waals surface area (Å²) >= 11 is 0. The summed E-state index contributed by atoms with van der Waals surface area (Å²) in [7, 11) is -3.12. The Morgan fingerprint density at radius 3 is 2.38 bits per heavy atom. The van der Waals surface area contributed by atoms with Crippen molar-refractivity contribution in [3.63, 3.8) is 0 Å². The zero-order valence-electron chi connectivity index (χ0n) is 15.3. The Morgan fingerprint density at radius 1 is 1.17 bits per heavy atom. The molecule has 0 heterocycles. The summed E-state index contributed by atoms with van der Waals surface area (Å²) in [5.74, 6) is 1.56. The lowest BCUT2D eigenvalue weighted by molar-refractivity contribution is 0.560. The molecule has 0 saturated carbocycles. The summed E-state index contributed by atoms with van der Waals surface area (Å²) < 4.78 is 22.9. The second kappa shape index (κ2) is 10.3. The van der Waals surface area contributed by atoms with Crippen LogP contribution in [0.25, 0.3) is 0 Å². The molecule has 2 N–H and O–H groups in total. The van der Waals surface area contributed by atoms with Crippen molar-refractivity contribution >= 4 is 15.8 Å². The Morgan fingerprint density at radius 2 is 1.83 bits per heavy atom. The van der Waals surface area contributed by atoms with E-state index in [-0.39, 0.29) is 0 Å². The molecule has 0 amide bonds. The molecule has 0 saturated heterocycles. The molecular formula is C18H31N3O2S. The molecule has 136 valence electrons. The molecule has 0 aliphatic carbocycles. The molecule has 6 heteroatoms. The van der Waals surface area contributed by atoms with Gasteiger partial charge in [0, 0.05) is 25.9 Å². The highest BCUT2D eigenvalue weighted by atomic mass is 32.2. The average Bonchev–Trinajstić information content (AvgIpc) is 2.51. The summed E-state index contributed by atoms with van der Waals surface area (Å²) in [6.07, 6.45) is 4.33. The van der Waals surface area contributed by atoms with Gasteiger partial charge in [0.05, 0.1) is 4.90 Å². The third-order valence-corrected chi connectivity index (χ3v) is 4.74. The predicted molar refractivity (Wildman–Crippen MR) is 101 cm³/mol. The first kappa shape index (κ1) is 20.5. The van der Waals surface area contributed by atoms with Gasteiger partial charge in [-0.2, -0.15) is 0 Å². The molecule has 0 radical (unpaired) electrons. The lowest BCUT2D eigenvalue weighted by Crippen LogP contribution is -2.38. The fourth-order valence-corrected chi connectivity index (χ4v) is 2.89. The molecule has 0 aliphatic rings. The van der Waals surface area contributed by atoms with Crippen molar-refractivity contribution in [1.82, 2.24) is 10.6 Å². The van der Waals surface area contributed by atoms with Crippen LogP contribution in [0.2, 0.25) is 0 Å². The maximum atomic E-state index is 11.5. The van der Waals surface area contributed by atoms with Gasteiger partial charge in [-0.1, -0.05) is 26.0 Å². The zero-order valence-corrected chi connectivity index (χ0v) is 16.1. The van der Waals surface area contributed by atoms with E-state index in [1.165, 1.54) is 12.7 Å². The average molecular weight is 354 g/mol. The van der Waals surface area contributed by atoms with E-state index >= 15 is 0 Å². The largest absolute Gasteiger partial charge is 0.357 e. The van der Waals surface area contributed by atoms with Crippen molar-refractivity contribution in [3.05, 3.63) is 29.8 Å². The Bertz CT molecular complexity index is 608. The Kier molecular flexibility index (Phi) is 8.82. The third kappa shape index (κ3) is 8.34. The van der Waals surface area contributed by atoms with Crippen LogP contribution in [-0.4, -0.2) is 40.3 Å². The van der Waals surface area contributed by atoms with Crippen LogP contribution in [0.5, 0.6) is 0 Å². The molecule has 1 aromatic rings. The minimum absolute atomic E-state index is 0.360. The van der Waals surface area contributed by atoms with E-state index in [1.54, 1.807) is 12.1 Å².